The molecule has 0 spiro atoms. The lowest BCUT2D eigenvalue weighted by atomic mass is 9.90. The molecule has 0 saturated carbocycles. The molecule has 0 radical (unpaired) electrons. The van der Waals surface area contributed by atoms with Crippen LogP contribution in [0.15, 0.2) is 17.1 Å². The van der Waals surface area contributed by atoms with E-state index in [0.29, 0.717) is 5.56 Å². The molecular formula is C12H13FN2O2. The Labute approximate surface area is 98.3 Å². The lowest BCUT2D eigenvalue weighted by Gasteiger charge is -2.21. The normalized spacial score (nSPS) is 18.5. The molecule has 1 aromatic carbocycles. The Balaban J connectivity index is 2.60. The highest BCUT2D eigenvalue weighted by atomic mass is 19.1. The van der Waals surface area contributed by atoms with Crippen LogP contribution in [0, 0.1) is 15.9 Å². The molecule has 4 nitrogen and oxygen atoms in total. The van der Waals surface area contributed by atoms with Crippen LogP contribution in [0.1, 0.15) is 38.2 Å². The molecule has 1 aliphatic rings. The van der Waals surface area contributed by atoms with Crippen molar-refractivity contribution in [2.45, 2.75) is 32.6 Å². The molecule has 0 amide bonds. The summed E-state index contributed by atoms with van der Waals surface area (Å²) in [5.41, 5.74) is 1.64. The molecule has 0 fully saturated rings. The number of non-ortho nitro benzene ring substituents is 1. The maximum atomic E-state index is 13.8. The average molecular weight is 236 g/mol. The predicted molar refractivity (Wildman–Crippen MR) is 63.5 cm³/mol. The fraction of sp³-hybridized carbons (Fsp3) is 0.417. The highest BCUT2D eigenvalue weighted by molar-refractivity contribution is 5.90. The Morgan fingerprint density at radius 2 is 2.29 bits per heavy atom. The zero-order chi connectivity index (χ0) is 12.6. The maximum absolute atomic E-state index is 13.8. The first-order valence-corrected chi connectivity index (χ1v) is 5.57. The maximum Gasteiger partial charge on any atom is 0.272 e. The van der Waals surface area contributed by atoms with Crippen LogP contribution in [0.4, 0.5) is 15.8 Å². The number of aliphatic imine (C=N–C) groups is 1. The molecule has 1 heterocycles. The van der Waals surface area contributed by atoms with E-state index in [4.69, 9.17) is 0 Å². The van der Waals surface area contributed by atoms with E-state index in [1.54, 1.807) is 0 Å². The van der Waals surface area contributed by atoms with Crippen molar-refractivity contribution in [2.75, 3.05) is 0 Å². The minimum atomic E-state index is -0.605. The molecule has 0 N–H and O–H groups in total. The summed E-state index contributed by atoms with van der Waals surface area (Å²) in [7, 11) is 0. The third-order valence-electron chi connectivity index (χ3n) is 3.04. The van der Waals surface area contributed by atoms with Crippen molar-refractivity contribution in [2.24, 2.45) is 4.99 Å². The van der Waals surface area contributed by atoms with Crippen LogP contribution in [0.2, 0.25) is 0 Å². The van der Waals surface area contributed by atoms with Crippen LogP contribution in [0.25, 0.3) is 0 Å². The van der Waals surface area contributed by atoms with Crippen molar-refractivity contribution in [1.82, 2.24) is 0 Å². The van der Waals surface area contributed by atoms with Crippen molar-refractivity contribution < 1.29 is 9.31 Å². The number of nitrogens with zero attached hydrogens (tertiary/aromatic N) is 2. The molecule has 1 aromatic rings. The minimum absolute atomic E-state index is 0.0758. The van der Waals surface area contributed by atoms with Gasteiger partial charge in [-0.2, -0.15) is 0 Å². The van der Waals surface area contributed by atoms with Crippen LogP contribution in [-0.2, 0) is 0 Å². The number of fused-ring (bicyclic) bond motifs is 1. The van der Waals surface area contributed by atoms with Gasteiger partial charge >= 0.3 is 0 Å². The first-order valence-electron chi connectivity index (χ1n) is 5.57. The van der Waals surface area contributed by atoms with Gasteiger partial charge in [0.05, 0.1) is 11.0 Å². The second-order valence-electron chi connectivity index (χ2n) is 4.26. The largest absolute Gasteiger partial charge is 0.272 e. The molecule has 0 saturated heterocycles. The van der Waals surface area contributed by atoms with Crippen LogP contribution in [0.3, 0.4) is 0 Å². The second-order valence-corrected chi connectivity index (χ2v) is 4.26. The second kappa shape index (κ2) is 4.24. The predicted octanol–water partition coefficient (Wildman–Crippen LogP) is 3.72. The smallest absolute Gasteiger partial charge is 0.258 e. The molecule has 1 unspecified atom stereocenters. The Morgan fingerprint density at radius 1 is 1.59 bits per heavy atom. The van der Waals surface area contributed by atoms with Crippen molar-refractivity contribution in [1.29, 1.82) is 0 Å². The summed E-state index contributed by atoms with van der Waals surface area (Å²) < 4.78 is 13.8. The fourth-order valence-electron chi connectivity index (χ4n) is 2.09. The number of benzene rings is 1. The lowest BCUT2D eigenvalue weighted by Crippen LogP contribution is -2.10. The third-order valence-corrected chi connectivity index (χ3v) is 3.04. The van der Waals surface area contributed by atoms with E-state index < -0.39 is 10.7 Å². The Bertz CT molecular complexity index is 511. The molecular weight excluding hydrogens is 223 g/mol. The van der Waals surface area contributed by atoms with E-state index >= 15 is 0 Å². The number of hydrogen-bond acceptors (Lipinski definition) is 3. The van der Waals surface area contributed by atoms with Gasteiger partial charge in [0.2, 0.25) is 0 Å². The number of halogens is 1. The summed E-state index contributed by atoms with van der Waals surface area (Å²) >= 11 is 0. The highest BCUT2D eigenvalue weighted by Gasteiger charge is 2.24. The molecule has 17 heavy (non-hydrogen) atoms. The number of nitro groups is 1. The molecule has 1 atom stereocenters. The minimum Gasteiger partial charge on any atom is -0.258 e. The molecule has 5 heteroatoms. The van der Waals surface area contributed by atoms with E-state index in [1.807, 2.05) is 13.8 Å². The number of nitro benzene ring substituents is 1. The van der Waals surface area contributed by atoms with Gasteiger partial charge in [-0.05, 0) is 24.3 Å². The van der Waals surface area contributed by atoms with Gasteiger partial charge in [-0.15, -0.1) is 0 Å². The Kier molecular flexibility index (Phi) is 2.92. The van der Waals surface area contributed by atoms with Crippen LogP contribution in [0.5, 0.6) is 0 Å². The van der Waals surface area contributed by atoms with Gasteiger partial charge < -0.3 is 0 Å². The van der Waals surface area contributed by atoms with E-state index in [2.05, 4.69) is 4.99 Å². The van der Waals surface area contributed by atoms with E-state index in [-0.39, 0.29) is 17.3 Å². The SMILES string of the molecule is CCC1=Nc2c(F)cc([N+](=O)[O-])cc2C(C)C1. The summed E-state index contributed by atoms with van der Waals surface area (Å²) in [4.78, 5) is 14.3. The Morgan fingerprint density at radius 3 is 2.88 bits per heavy atom. The van der Waals surface area contributed by atoms with Gasteiger partial charge in [0.25, 0.3) is 5.69 Å². The highest BCUT2D eigenvalue weighted by Crippen LogP contribution is 2.39. The van der Waals surface area contributed by atoms with E-state index in [1.165, 1.54) is 6.07 Å². The van der Waals surface area contributed by atoms with Gasteiger partial charge in [0, 0.05) is 11.8 Å². The topological polar surface area (TPSA) is 55.5 Å². The first kappa shape index (κ1) is 11.7. The van der Waals surface area contributed by atoms with Gasteiger partial charge in [-0.1, -0.05) is 13.8 Å². The quantitative estimate of drug-likeness (QED) is 0.580. The van der Waals surface area contributed by atoms with Crippen molar-refractivity contribution in [3.63, 3.8) is 0 Å². The van der Waals surface area contributed by atoms with Crippen LogP contribution < -0.4 is 0 Å². The molecule has 0 aromatic heterocycles. The summed E-state index contributed by atoms with van der Waals surface area (Å²) in [6, 6.07) is 2.37. The molecule has 1 aliphatic heterocycles. The summed E-state index contributed by atoms with van der Waals surface area (Å²) in [5, 5.41) is 10.7. The zero-order valence-electron chi connectivity index (χ0n) is 9.74. The van der Waals surface area contributed by atoms with Gasteiger partial charge in [-0.25, -0.2) is 4.39 Å². The third kappa shape index (κ3) is 2.05. The fourth-order valence-corrected chi connectivity index (χ4v) is 2.09. The summed E-state index contributed by atoms with van der Waals surface area (Å²) in [5.74, 6) is -0.529. The average Bonchev–Trinajstić information content (AvgIpc) is 2.29. The van der Waals surface area contributed by atoms with Crippen molar-refractivity contribution >= 4 is 17.1 Å². The van der Waals surface area contributed by atoms with Crippen molar-refractivity contribution in [3.05, 3.63) is 33.6 Å². The molecule has 0 aliphatic carbocycles. The monoisotopic (exact) mass is 236 g/mol. The van der Waals surface area contributed by atoms with Crippen LogP contribution >= 0.6 is 0 Å². The molecule has 0 bridgehead atoms. The molecule has 2 rings (SSSR count). The van der Waals surface area contributed by atoms with Gasteiger partial charge in [-0.3, -0.25) is 15.1 Å². The lowest BCUT2D eigenvalue weighted by molar-refractivity contribution is -0.385. The van der Waals surface area contributed by atoms with E-state index in [0.717, 1.165) is 24.6 Å². The van der Waals surface area contributed by atoms with Crippen LogP contribution in [-0.4, -0.2) is 10.6 Å². The van der Waals surface area contributed by atoms with Gasteiger partial charge in [0.1, 0.15) is 5.69 Å². The summed E-state index contributed by atoms with van der Waals surface area (Å²) in [6.45, 7) is 3.91. The number of rotatable bonds is 2. The molecule has 90 valence electrons. The van der Waals surface area contributed by atoms with Crippen molar-refractivity contribution in [3.8, 4) is 0 Å². The number of hydrogen-bond donors (Lipinski definition) is 0. The standard InChI is InChI=1S/C12H13FN2O2/c1-3-8-4-7(2)10-5-9(15(16)17)6-11(13)12(10)14-8/h5-7H,3-4H2,1-2H3. The zero-order valence-corrected chi connectivity index (χ0v) is 9.74. The van der Waals surface area contributed by atoms with Gasteiger partial charge in [0.15, 0.2) is 5.82 Å². The first-order chi connectivity index (χ1) is 8.02. The summed E-state index contributed by atoms with van der Waals surface area (Å²) in [6.07, 6.45) is 1.52. The Hall–Kier alpha value is -1.78. The van der Waals surface area contributed by atoms with E-state index in [9.17, 15) is 14.5 Å².